The highest BCUT2D eigenvalue weighted by atomic mass is 16.5. The van der Waals surface area contributed by atoms with Gasteiger partial charge in [0.05, 0.1) is 19.8 Å². The van der Waals surface area contributed by atoms with Crippen molar-refractivity contribution in [2.24, 2.45) is 0 Å². The second-order valence-electron chi connectivity index (χ2n) is 6.46. The van der Waals surface area contributed by atoms with Gasteiger partial charge in [-0.2, -0.15) is 0 Å². The lowest BCUT2D eigenvalue weighted by Gasteiger charge is -2.11. The molecule has 0 N–H and O–H groups in total. The molecule has 2 aromatic carbocycles. The Hall–Kier alpha value is -2.55. The number of carbonyl (C=O) groups excluding carboxylic acids is 1. The van der Waals surface area contributed by atoms with Crippen molar-refractivity contribution in [3.63, 3.8) is 0 Å². The minimum atomic E-state index is -0.274. The normalized spacial score (nSPS) is 12.4. The van der Waals surface area contributed by atoms with Gasteiger partial charge in [-0.05, 0) is 40.8 Å². The highest BCUT2D eigenvalue weighted by molar-refractivity contribution is 5.73. The van der Waals surface area contributed by atoms with E-state index in [0.29, 0.717) is 5.92 Å². The smallest absolute Gasteiger partial charge is 0.315 e. The Morgan fingerprint density at radius 2 is 1.72 bits per heavy atom. The van der Waals surface area contributed by atoms with E-state index in [1.54, 1.807) is 7.11 Å². The number of methoxy groups -OCH3 is 1. The van der Waals surface area contributed by atoms with E-state index in [0.717, 1.165) is 11.3 Å². The van der Waals surface area contributed by atoms with E-state index in [1.165, 1.54) is 17.4 Å². The van der Waals surface area contributed by atoms with Crippen LogP contribution in [-0.4, -0.2) is 13.1 Å². The number of esters is 1. The Bertz CT molecular complexity index is 714. The Labute approximate surface area is 150 Å². The molecule has 0 aliphatic heterocycles. The predicted molar refractivity (Wildman–Crippen MR) is 101 cm³/mol. The van der Waals surface area contributed by atoms with Gasteiger partial charge in [-0.1, -0.05) is 57.2 Å². The maximum absolute atomic E-state index is 11.9. The lowest BCUT2D eigenvalue weighted by Crippen LogP contribution is -2.04. The first-order chi connectivity index (χ1) is 12.0. The van der Waals surface area contributed by atoms with Gasteiger partial charge in [-0.3, -0.25) is 4.79 Å². The van der Waals surface area contributed by atoms with Crippen LogP contribution in [0.25, 0.3) is 0 Å². The molecule has 0 bridgehead atoms. The summed E-state index contributed by atoms with van der Waals surface area (Å²) in [5, 5.41) is 0. The van der Waals surface area contributed by atoms with Crippen LogP contribution in [0.15, 0.2) is 60.9 Å². The van der Waals surface area contributed by atoms with E-state index in [-0.39, 0.29) is 18.3 Å². The van der Waals surface area contributed by atoms with Crippen molar-refractivity contribution in [1.82, 2.24) is 0 Å². The molecule has 0 aliphatic rings. The summed E-state index contributed by atoms with van der Waals surface area (Å²) < 4.78 is 10.3. The van der Waals surface area contributed by atoms with Crippen LogP contribution < -0.4 is 4.74 Å². The first-order valence-corrected chi connectivity index (χ1v) is 8.58. The zero-order valence-electron chi connectivity index (χ0n) is 15.4. The van der Waals surface area contributed by atoms with Gasteiger partial charge >= 0.3 is 5.97 Å². The van der Waals surface area contributed by atoms with Crippen LogP contribution in [0.4, 0.5) is 0 Å². The topological polar surface area (TPSA) is 35.5 Å². The Morgan fingerprint density at radius 1 is 1.04 bits per heavy atom. The highest BCUT2D eigenvalue weighted by Gasteiger charge is 2.07. The lowest BCUT2D eigenvalue weighted by molar-refractivity contribution is -0.137. The van der Waals surface area contributed by atoms with E-state index in [2.05, 4.69) is 45.0 Å². The minimum Gasteiger partial charge on any atom is -0.497 e. The van der Waals surface area contributed by atoms with E-state index in [9.17, 15) is 4.79 Å². The van der Waals surface area contributed by atoms with E-state index < -0.39 is 0 Å². The first kappa shape index (κ1) is 18.8. The molecule has 132 valence electrons. The van der Waals surface area contributed by atoms with Crippen LogP contribution in [0.1, 0.15) is 49.3 Å². The van der Waals surface area contributed by atoms with Crippen LogP contribution in [0.5, 0.6) is 5.75 Å². The Morgan fingerprint density at radius 3 is 2.36 bits per heavy atom. The molecular weight excluding hydrogens is 312 g/mol. The number of rotatable bonds is 7. The molecule has 0 saturated carbocycles. The predicted octanol–water partition coefficient (Wildman–Crippen LogP) is 5.22. The second kappa shape index (κ2) is 9.07. The molecule has 0 aliphatic carbocycles. The maximum atomic E-state index is 11.9. The lowest BCUT2D eigenvalue weighted by atomic mass is 9.95. The molecule has 1 atom stereocenters. The SMILES string of the molecule is COc1ccc(CC(=O)O/C=C/C(C)c2cccc(C(C)C)c2)cc1. The third-order valence-electron chi connectivity index (χ3n) is 4.18. The quantitative estimate of drug-likeness (QED) is 0.513. The number of allylic oxidation sites excluding steroid dienone is 1. The molecule has 1 unspecified atom stereocenters. The third kappa shape index (κ3) is 5.79. The van der Waals surface area contributed by atoms with E-state index in [1.807, 2.05) is 30.3 Å². The van der Waals surface area contributed by atoms with Gasteiger partial charge in [-0.15, -0.1) is 0 Å². The summed E-state index contributed by atoms with van der Waals surface area (Å²) in [4.78, 5) is 11.9. The molecule has 0 fully saturated rings. The average Bonchev–Trinajstić information content (AvgIpc) is 2.62. The fraction of sp³-hybridized carbons (Fsp3) is 0.318. The molecule has 3 nitrogen and oxygen atoms in total. The fourth-order valence-electron chi connectivity index (χ4n) is 2.50. The monoisotopic (exact) mass is 338 g/mol. The molecule has 25 heavy (non-hydrogen) atoms. The summed E-state index contributed by atoms with van der Waals surface area (Å²) in [5.41, 5.74) is 3.43. The molecular formula is C22H26O3. The molecule has 0 saturated heterocycles. The highest BCUT2D eigenvalue weighted by Crippen LogP contribution is 2.22. The van der Waals surface area contributed by atoms with Crippen LogP contribution in [0.3, 0.4) is 0 Å². The van der Waals surface area contributed by atoms with Gasteiger partial charge < -0.3 is 9.47 Å². The van der Waals surface area contributed by atoms with Crippen molar-refractivity contribution in [1.29, 1.82) is 0 Å². The molecule has 2 rings (SSSR count). The van der Waals surface area contributed by atoms with Gasteiger partial charge in [0.2, 0.25) is 0 Å². The van der Waals surface area contributed by atoms with Crippen LogP contribution in [0.2, 0.25) is 0 Å². The number of hydrogen-bond donors (Lipinski definition) is 0. The number of ether oxygens (including phenoxy) is 2. The fourth-order valence-corrected chi connectivity index (χ4v) is 2.50. The van der Waals surface area contributed by atoms with Crippen LogP contribution in [0, 0.1) is 0 Å². The summed E-state index contributed by atoms with van der Waals surface area (Å²) in [6.07, 6.45) is 3.65. The van der Waals surface area contributed by atoms with Crippen molar-refractivity contribution >= 4 is 5.97 Å². The summed E-state index contributed by atoms with van der Waals surface area (Å²) >= 11 is 0. The van der Waals surface area contributed by atoms with Crippen molar-refractivity contribution in [2.75, 3.05) is 7.11 Å². The van der Waals surface area contributed by atoms with Crippen molar-refractivity contribution in [3.8, 4) is 5.75 Å². The summed E-state index contributed by atoms with van der Waals surface area (Å²) in [7, 11) is 1.62. The molecule has 0 heterocycles. The number of carbonyl (C=O) groups is 1. The van der Waals surface area contributed by atoms with Gasteiger partial charge in [0.25, 0.3) is 0 Å². The largest absolute Gasteiger partial charge is 0.497 e. The summed E-state index contributed by atoms with van der Waals surface area (Å²) in [6.45, 7) is 6.45. The first-order valence-electron chi connectivity index (χ1n) is 8.58. The standard InChI is InChI=1S/C22H26O3/c1-16(2)19-6-5-7-20(15-19)17(3)12-13-25-22(23)14-18-8-10-21(24-4)11-9-18/h5-13,15-17H,14H2,1-4H3/b13-12+. The van der Waals surface area contributed by atoms with Crippen molar-refractivity contribution < 1.29 is 14.3 Å². The van der Waals surface area contributed by atoms with Crippen LogP contribution >= 0.6 is 0 Å². The van der Waals surface area contributed by atoms with E-state index in [4.69, 9.17) is 9.47 Å². The molecule has 0 radical (unpaired) electrons. The Balaban J connectivity index is 1.88. The zero-order valence-corrected chi connectivity index (χ0v) is 15.4. The molecule has 0 aromatic heterocycles. The van der Waals surface area contributed by atoms with Gasteiger partial charge in [0.1, 0.15) is 5.75 Å². The van der Waals surface area contributed by atoms with Crippen molar-refractivity contribution in [2.45, 2.75) is 39.0 Å². The summed E-state index contributed by atoms with van der Waals surface area (Å²) in [5.74, 6) is 1.19. The molecule has 2 aromatic rings. The zero-order chi connectivity index (χ0) is 18.2. The third-order valence-corrected chi connectivity index (χ3v) is 4.18. The molecule has 0 amide bonds. The minimum absolute atomic E-state index is 0.187. The van der Waals surface area contributed by atoms with Gasteiger partial charge in [0, 0.05) is 5.92 Å². The Kier molecular flexibility index (Phi) is 6.81. The number of hydrogen-bond acceptors (Lipinski definition) is 3. The van der Waals surface area contributed by atoms with Gasteiger partial charge in [0.15, 0.2) is 0 Å². The second-order valence-corrected chi connectivity index (χ2v) is 6.46. The maximum Gasteiger partial charge on any atom is 0.315 e. The average molecular weight is 338 g/mol. The molecule has 3 heteroatoms. The van der Waals surface area contributed by atoms with E-state index >= 15 is 0 Å². The van der Waals surface area contributed by atoms with Crippen LogP contribution in [-0.2, 0) is 16.0 Å². The summed E-state index contributed by atoms with van der Waals surface area (Å²) in [6, 6.07) is 15.9. The number of benzene rings is 2. The molecule has 0 spiro atoms. The van der Waals surface area contributed by atoms with Crippen molar-refractivity contribution in [3.05, 3.63) is 77.6 Å². The van der Waals surface area contributed by atoms with Gasteiger partial charge in [-0.25, -0.2) is 0 Å².